The Kier molecular flexibility index (Phi) is 3.65. The van der Waals surface area contributed by atoms with Crippen molar-refractivity contribution in [3.05, 3.63) is 33.7 Å². The van der Waals surface area contributed by atoms with Gasteiger partial charge >= 0.3 is 0 Å². The van der Waals surface area contributed by atoms with E-state index in [9.17, 15) is 4.79 Å². The van der Waals surface area contributed by atoms with Gasteiger partial charge in [0.25, 0.3) is 5.56 Å². The van der Waals surface area contributed by atoms with Gasteiger partial charge in [-0.3, -0.25) is 4.79 Å². The van der Waals surface area contributed by atoms with Crippen LogP contribution in [0, 0.1) is 0 Å². The molecule has 6 heteroatoms. The Hall–Kier alpha value is -1.53. The molecule has 0 aromatic carbocycles. The molecule has 90 valence electrons. The summed E-state index contributed by atoms with van der Waals surface area (Å²) in [5.41, 5.74) is 6.23. The summed E-state index contributed by atoms with van der Waals surface area (Å²) in [6, 6.07) is 3.45. The molecule has 0 saturated heterocycles. The zero-order valence-electron chi connectivity index (χ0n) is 9.59. The second-order valence-corrected chi connectivity index (χ2v) is 4.82. The van der Waals surface area contributed by atoms with Crippen LogP contribution >= 0.6 is 11.3 Å². The lowest BCUT2D eigenvalue weighted by atomic mass is 10.3. The van der Waals surface area contributed by atoms with Crippen molar-refractivity contribution in [1.82, 2.24) is 14.8 Å². The van der Waals surface area contributed by atoms with E-state index in [4.69, 9.17) is 5.73 Å². The maximum atomic E-state index is 11.5. The highest BCUT2D eigenvalue weighted by Gasteiger charge is 2.07. The third-order valence-corrected chi connectivity index (χ3v) is 3.44. The number of pyridine rings is 1. The van der Waals surface area contributed by atoms with E-state index >= 15 is 0 Å². The second-order valence-electron chi connectivity index (χ2n) is 3.76. The molecule has 5 nitrogen and oxygen atoms in total. The Morgan fingerprint density at radius 2 is 2.29 bits per heavy atom. The van der Waals surface area contributed by atoms with E-state index in [1.54, 1.807) is 19.3 Å². The van der Waals surface area contributed by atoms with Gasteiger partial charge in [0.2, 0.25) is 0 Å². The summed E-state index contributed by atoms with van der Waals surface area (Å²) in [6.45, 7) is 0.654. The van der Waals surface area contributed by atoms with Crippen LogP contribution in [-0.4, -0.2) is 21.3 Å². The van der Waals surface area contributed by atoms with Crippen molar-refractivity contribution in [3.63, 3.8) is 0 Å². The van der Waals surface area contributed by atoms with Crippen molar-refractivity contribution in [3.8, 4) is 10.6 Å². The molecule has 2 heterocycles. The van der Waals surface area contributed by atoms with Crippen molar-refractivity contribution in [2.75, 3.05) is 6.54 Å². The number of rotatable bonds is 4. The lowest BCUT2D eigenvalue weighted by Gasteiger charge is -1.97. The van der Waals surface area contributed by atoms with Gasteiger partial charge in [0.1, 0.15) is 10.0 Å². The van der Waals surface area contributed by atoms with Crippen molar-refractivity contribution in [2.45, 2.75) is 12.8 Å². The molecule has 0 aliphatic rings. The highest BCUT2D eigenvalue weighted by molar-refractivity contribution is 7.14. The molecule has 0 atom stereocenters. The number of hydrogen-bond acceptors (Lipinski definition) is 5. The maximum Gasteiger partial charge on any atom is 0.250 e. The molecule has 2 N–H and O–H groups in total. The van der Waals surface area contributed by atoms with Gasteiger partial charge in [-0.05, 0) is 19.0 Å². The van der Waals surface area contributed by atoms with Crippen molar-refractivity contribution in [1.29, 1.82) is 0 Å². The lowest BCUT2D eigenvalue weighted by Crippen LogP contribution is -2.13. The highest BCUT2D eigenvalue weighted by Crippen LogP contribution is 2.22. The predicted molar refractivity (Wildman–Crippen MR) is 68.0 cm³/mol. The van der Waals surface area contributed by atoms with E-state index in [0.29, 0.717) is 6.54 Å². The van der Waals surface area contributed by atoms with Crippen LogP contribution in [0.2, 0.25) is 0 Å². The van der Waals surface area contributed by atoms with Crippen LogP contribution in [0.3, 0.4) is 0 Å². The molecule has 0 unspecified atom stereocenters. The normalized spacial score (nSPS) is 10.7. The molecule has 17 heavy (non-hydrogen) atoms. The molecular formula is C11H14N4OS. The van der Waals surface area contributed by atoms with Crippen molar-refractivity contribution in [2.24, 2.45) is 12.8 Å². The SMILES string of the molecule is Cn1ccc(-c2nnc(CCCN)s2)cc1=O. The van der Waals surface area contributed by atoms with E-state index in [1.807, 2.05) is 6.07 Å². The second kappa shape index (κ2) is 5.20. The zero-order valence-corrected chi connectivity index (χ0v) is 10.4. The largest absolute Gasteiger partial charge is 0.330 e. The molecule has 0 radical (unpaired) electrons. The summed E-state index contributed by atoms with van der Waals surface area (Å²) in [5.74, 6) is 0. The molecule has 0 fully saturated rings. The zero-order chi connectivity index (χ0) is 12.3. The minimum Gasteiger partial charge on any atom is -0.330 e. The standard InChI is InChI=1S/C11H14N4OS/c1-15-6-4-8(7-10(15)16)11-14-13-9(17-11)3-2-5-12/h4,6-7H,2-3,5,12H2,1H3. The Labute approximate surface area is 103 Å². The molecule has 2 rings (SSSR count). The van der Waals surface area contributed by atoms with Crippen molar-refractivity contribution < 1.29 is 0 Å². The van der Waals surface area contributed by atoms with Crippen LogP contribution < -0.4 is 11.3 Å². The number of nitrogens with zero attached hydrogens (tertiary/aromatic N) is 3. The molecule has 0 spiro atoms. The van der Waals surface area contributed by atoms with E-state index in [0.717, 1.165) is 28.4 Å². The van der Waals surface area contributed by atoms with Crippen LogP contribution in [0.4, 0.5) is 0 Å². The summed E-state index contributed by atoms with van der Waals surface area (Å²) in [5, 5.41) is 9.93. The molecule has 2 aromatic heterocycles. The molecule has 0 aliphatic carbocycles. The third kappa shape index (κ3) is 2.78. The van der Waals surface area contributed by atoms with Gasteiger partial charge in [-0.1, -0.05) is 11.3 Å². The van der Waals surface area contributed by atoms with Gasteiger partial charge in [-0.15, -0.1) is 10.2 Å². The Balaban J connectivity index is 2.24. The minimum atomic E-state index is -0.0405. The summed E-state index contributed by atoms with van der Waals surface area (Å²) < 4.78 is 1.53. The predicted octanol–water partition coefficient (Wildman–Crippen LogP) is 0.795. The Bertz CT molecular complexity index is 561. The average molecular weight is 250 g/mol. The third-order valence-electron chi connectivity index (χ3n) is 2.41. The summed E-state index contributed by atoms with van der Waals surface area (Å²) in [4.78, 5) is 11.5. The lowest BCUT2D eigenvalue weighted by molar-refractivity contribution is 0.812. The number of aromatic nitrogens is 3. The molecule has 0 saturated carbocycles. The average Bonchev–Trinajstić information content (AvgIpc) is 2.79. The first-order valence-corrected chi connectivity index (χ1v) is 6.22. The van der Waals surface area contributed by atoms with Crippen molar-refractivity contribution >= 4 is 11.3 Å². The van der Waals surface area contributed by atoms with Crippen LogP contribution in [-0.2, 0) is 13.5 Å². The number of nitrogens with two attached hydrogens (primary N) is 1. The summed E-state index contributed by atoms with van der Waals surface area (Å²) in [7, 11) is 1.72. The minimum absolute atomic E-state index is 0.0405. The molecule has 0 bridgehead atoms. The van der Waals surface area contributed by atoms with Gasteiger partial charge in [0.05, 0.1) is 0 Å². The Morgan fingerprint density at radius 3 is 3.00 bits per heavy atom. The van der Waals surface area contributed by atoms with Gasteiger partial charge in [0.15, 0.2) is 0 Å². The van der Waals surface area contributed by atoms with Gasteiger partial charge in [-0.25, -0.2) is 0 Å². The fourth-order valence-corrected chi connectivity index (χ4v) is 2.28. The van der Waals surface area contributed by atoms with E-state index in [-0.39, 0.29) is 5.56 Å². The molecular weight excluding hydrogens is 236 g/mol. The van der Waals surface area contributed by atoms with E-state index in [2.05, 4.69) is 10.2 Å². The number of aryl methyl sites for hydroxylation is 2. The summed E-state index contributed by atoms with van der Waals surface area (Å²) >= 11 is 1.51. The highest BCUT2D eigenvalue weighted by atomic mass is 32.1. The maximum absolute atomic E-state index is 11.5. The quantitative estimate of drug-likeness (QED) is 0.871. The molecule has 2 aromatic rings. The smallest absolute Gasteiger partial charge is 0.250 e. The Morgan fingerprint density at radius 1 is 1.47 bits per heavy atom. The van der Waals surface area contributed by atoms with Gasteiger partial charge in [0, 0.05) is 31.3 Å². The molecule has 0 aliphatic heterocycles. The fraction of sp³-hybridized carbons (Fsp3) is 0.364. The first-order valence-electron chi connectivity index (χ1n) is 5.40. The van der Waals surface area contributed by atoms with Gasteiger partial charge < -0.3 is 10.3 Å². The first kappa shape index (κ1) is 11.9. The first-order chi connectivity index (χ1) is 8.20. The fourth-order valence-electron chi connectivity index (χ4n) is 1.41. The van der Waals surface area contributed by atoms with Crippen LogP contribution in [0.25, 0.3) is 10.6 Å². The topological polar surface area (TPSA) is 73.8 Å². The monoisotopic (exact) mass is 250 g/mol. The van der Waals surface area contributed by atoms with Crippen LogP contribution in [0.5, 0.6) is 0 Å². The molecule has 0 amide bonds. The van der Waals surface area contributed by atoms with E-state index < -0.39 is 0 Å². The van der Waals surface area contributed by atoms with E-state index in [1.165, 1.54) is 15.9 Å². The van der Waals surface area contributed by atoms with Gasteiger partial charge in [-0.2, -0.15) is 0 Å². The van der Waals surface area contributed by atoms with Crippen LogP contribution in [0.15, 0.2) is 23.1 Å². The number of hydrogen-bond donors (Lipinski definition) is 1. The van der Waals surface area contributed by atoms with Crippen LogP contribution in [0.1, 0.15) is 11.4 Å². The summed E-state index contributed by atoms with van der Waals surface area (Å²) in [6.07, 6.45) is 3.49.